The fourth-order valence-corrected chi connectivity index (χ4v) is 1.17. The van der Waals surface area contributed by atoms with Gasteiger partial charge in [0.2, 0.25) is 0 Å². The van der Waals surface area contributed by atoms with Crippen molar-refractivity contribution in [2.24, 2.45) is 7.05 Å². The predicted octanol–water partition coefficient (Wildman–Crippen LogP) is 1.13. The Labute approximate surface area is 89.0 Å². The Morgan fingerprint density at radius 1 is 1.60 bits per heavy atom. The van der Waals surface area contributed by atoms with E-state index in [1.807, 2.05) is 13.8 Å². The summed E-state index contributed by atoms with van der Waals surface area (Å²) in [7, 11) is 3.10. The quantitative estimate of drug-likeness (QED) is 0.702. The zero-order chi connectivity index (χ0) is 11.4. The van der Waals surface area contributed by atoms with Crippen LogP contribution < -0.4 is 0 Å². The molecule has 1 heterocycles. The number of carbonyl (C=O) groups excluding carboxylic acids is 1. The van der Waals surface area contributed by atoms with Crippen molar-refractivity contribution < 1.29 is 14.3 Å². The molecule has 84 valence electrons. The SMILES string of the molecule is COC(=O)c1cn(C)nc1COC(C)C. The van der Waals surface area contributed by atoms with Crippen molar-refractivity contribution in [2.75, 3.05) is 7.11 Å². The molecule has 0 saturated heterocycles. The number of ether oxygens (including phenoxy) is 2. The molecule has 15 heavy (non-hydrogen) atoms. The molecule has 0 N–H and O–H groups in total. The van der Waals surface area contributed by atoms with Crippen LogP contribution in [-0.2, 0) is 23.1 Å². The fourth-order valence-electron chi connectivity index (χ4n) is 1.17. The van der Waals surface area contributed by atoms with Gasteiger partial charge in [-0.05, 0) is 13.8 Å². The number of esters is 1. The lowest BCUT2D eigenvalue weighted by molar-refractivity contribution is 0.0546. The van der Waals surface area contributed by atoms with E-state index in [0.717, 1.165) is 0 Å². The standard InChI is InChI=1S/C10H16N2O3/c1-7(2)15-6-9-8(10(13)14-4)5-12(3)11-9/h5,7H,6H2,1-4H3. The van der Waals surface area contributed by atoms with Gasteiger partial charge < -0.3 is 9.47 Å². The molecule has 0 amide bonds. The van der Waals surface area contributed by atoms with Crippen LogP contribution in [0.3, 0.4) is 0 Å². The van der Waals surface area contributed by atoms with Gasteiger partial charge in [0, 0.05) is 13.2 Å². The number of hydrogen-bond acceptors (Lipinski definition) is 4. The monoisotopic (exact) mass is 212 g/mol. The van der Waals surface area contributed by atoms with Crippen molar-refractivity contribution >= 4 is 5.97 Å². The van der Waals surface area contributed by atoms with Crippen LogP contribution in [0, 0.1) is 0 Å². The third-order valence-corrected chi connectivity index (χ3v) is 1.86. The third kappa shape index (κ3) is 3.06. The first-order valence-electron chi connectivity index (χ1n) is 4.77. The molecule has 0 aliphatic carbocycles. The van der Waals surface area contributed by atoms with Crippen molar-refractivity contribution in [1.29, 1.82) is 0 Å². The summed E-state index contributed by atoms with van der Waals surface area (Å²) in [6.45, 7) is 4.18. The first kappa shape index (κ1) is 11.7. The summed E-state index contributed by atoms with van der Waals surface area (Å²) in [5.74, 6) is -0.384. The number of nitrogens with zero attached hydrogens (tertiary/aromatic N) is 2. The summed E-state index contributed by atoms with van der Waals surface area (Å²) in [6, 6.07) is 0. The maximum atomic E-state index is 11.4. The van der Waals surface area contributed by atoms with Crippen molar-refractivity contribution in [3.8, 4) is 0 Å². The van der Waals surface area contributed by atoms with E-state index in [1.165, 1.54) is 7.11 Å². The molecule has 0 saturated carbocycles. The van der Waals surface area contributed by atoms with Gasteiger partial charge in [-0.1, -0.05) is 0 Å². The number of aryl methyl sites for hydroxylation is 1. The smallest absolute Gasteiger partial charge is 0.341 e. The van der Waals surface area contributed by atoms with Crippen LogP contribution in [0.25, 0.3) is 0 Å². The van der Waals surface area contributed by atoms with E-state index >= 15 is 0 Å². The van der Waals surface area contributed by atoms with Crippen LogP contribution in [0.1, 0.15) is 29.9 Å². The molecule has 0 aromatic carbocycles. The van der Waals surface area contributed by atoms with Crippen LogP contribution in [-0.4, -0.2) is 29.0 Å². The molecule has 0 aliphatic heterocycles. The molecule has 0 spiro atoms. The Balaban J connectivity index is 2.81. The van der Waals surface area contributed by atoms with E-state index < -0.39 is 0 Å². The highest BCUT2D eigenvalue weighted by Crippen LogP contribution is 2.10. The highest BCUT2D eigenvalue weighted by Gasteiger charge is 2.16. The van der Waals surface area contributed by atoms with Crippen LogP contribution in [0.15, 0.2) is 6.20 Å². The summed E-state index contributed by atoms with van der Waals surface area (Å²) >= 11 is 0. The van der Waals surface area contributed by atoms with Gasteiger partial charge in [0.05, 0.1) is 19.8 Å². The number of hydrogen-bond donors (Lipinski definition) is 0. The Morgan fingerprint density at radius 2 is 2.27 bits per heavy atom. The zero-order valence-electron chi connectivity index (χ0n) is 9.48. The highest BCUT2D eigenvalue weighted by atomic mass is 16.5. The normalized spacial score (nSPS) is 10.7. The van der Waals surface area contributed by atoms with E-state index in [4.69, 9.17) is 4.74 Å². The number of aromatic nitrogens is 2. The van der Waals surface area contributed by atoms with Crippen LogP contribution in [0.2, 0.25) is 0 Å². The second-order valence-corrected chi connectivity index (χ2v) is 3.51. The van der Waals surface area contributed by atoms with Crippen LogP contribution >= 0.6 is 0 Å². The number of carbonyl (C=O) groups is 1. The van der Waals surface area contributed by atoms with Gasteiger partial charge in [-0.3, -0.25) is 4.68 Å². The maximum Gasteiger partial charge on any atom is 0.341 e. The van der Waals surface area contributed by atoms with Crippen molar-refractivity contribution in [3.63, 3.8) is 0 Å². The van der Waals surface area contributed by atoms with Gasteiger partial charge in [-0.15, -0.1) is 0 Å². The lowest BCUT2D eigenvalue weighted by Gasteiger charge is -2.06. The minimum Gasteiger partial charge on any atom is -0.465 e. The van der Waals surface area contributed by atoms with Crippen LogP contribution in [0.5, 0.6) is 0 Å². The second-order valence-electron chi connectivity index (χ2n) is 3.51. The van der Waals surface area contributed by atoms with Crippen molar-refractivity contribution in [1.82, 2.24) is 9.78 Å². The van der Waals surface area contributed by atoms with Crippen molar-refractivity contribution in [3.05, 3.63) is 17.5 Å². The second kappa shape index (κ2) is 4.93. The van der Waals surface area contributed by atoms with Crippen LogP contribution in [0.4, 0.5) is 0 Å². The maximum absolute atomic E-state index is 11.4. The third-order valence-electron chi connectivity index (χ3n) is 1.86. The fraction of sp³-hybridized carbons (Fsp3) is 0.600. The van der Waals surface area contributed by atoms with Crippen molar-refractivity contribution in [2.45, 2.75) is 26.6 Å². The molecule has 0 radical (unpaired) electrons. The van der Waals surface area contributed by atoms with Gasteiger partial charge in [-0.2, -0.15) is 5.10 Å². The lowest BCUT2D eigenvalue weighted by atomic mass is 10.2. The molecule has 0 aliphatic rings. The molecule has 0 fully saturated rings. The molecule has 1 aromatic rings. The first-order valence-corrected chi connectivity index (χ1v) is 4.77. The average molecular weight is 212 g/mol. The summed E-state index contributed by atoms with van der Waals surface area (Å²) in [5, 5.41) is 4.14. The van der Waals surface area contributed by atoms with E-state index in [1.54, 1.807) is 17.9 Å². The molecular formula is C10H16N2O3. The van der Waals surface area contributed by atoms with E-state index in [0.29, 0.717) is 17.9 Å². The predicted molar refractivity (Wildman–Crippen MR) is 54.5 cm³/mol. The number of rotatable bonds is 4. The van der Waals surface area contributed by atoms with E-state index in [-0.39, 0.29) is 12.1 Å². The van der Waals surface area contributed by atoms with Gasteiger partial charge in [0.15, 0.2) is 0 Å². The number of methoxy groups -OCH3 is 1. The molecule has 1 aromatic heterocycles. The molecule has 0 bridgehead atoms. The Hall–Kier alpha value is -1.36. The summed E-state index contributed by atoms with van der Waals surface area (Å²) in [5.41, 5.74) is 1.07. The Morgan fingerprint density at radius 3 is 2.80 bits per heavy atom. The molecule has 1 rings (SSSR count). The molecule has 5 heteroatoms. The zero-order valence-corrected chi connectivity index (χ0v) is 9.48. The van der Waals surface area contributed by atoms with Gasteiger partial charge >= 0.3 is 5.97 Å². The molecular weight excluding hydrogens is 196 g/mol. The largest absolute Gasteiger partial charge is 0.465 e. The first-order chi connectivity index (χ1) is 7.04. The summed E-state index contributed by atoms with van der Waals surface area (Å²) < 4.78 is 11.6. The minimum atomic E-state index is -0.384. The lowest BCUT2D eigenvalue weighted by Crippen LogP contribution is -2.08. The molecule has 5 nitrogen and oxygen atoms in total. The summed E-state index contributed by atoms with van der Waals surface area (Å²) in [4.78, 5) is 11.4. The van der Waals surface area contributed by atoms with E-state index in [2.05, 4.69) is 9.84 Å². The highest BCUT2D eigenvalue weighted by molar-refractivity contribution is 5.90. The van der Waals surface area contributed by atoms with E-state index in [9.17, 15) is 4.79 Å². The van der Waals surface area contributed by atoms with Gasteiger partial charge in [-0.25, -0.2) is 4.79 Å². The molecule has 0 atom stereocenters. The minimum absolute atomic E-state index is 0.109. The van der Waals surface area contributed by atoms with Gasteiger partial charge in [0.25, 0.3) is 0 Å². The van der Waals surface area contributed by atoms with Gasteiger partial charge in [0.1, 0.15) is 11.3 Å². The summed E-state index contributed by atoms with van der Waals surface area (Å²) in [6.07, 6.45) is 1.74. The Kier molecular flexibility index (Phi) is 3.85. The molecule has 0 unspecified atom stereocenters. The Bertz CT molecular complexity index is 344. The average Bonchev–Trinajstić information content (AvgIpc) is 2.55. The topological polar surface area (TPSA) is 53.4 Å².